The minimum atomic E-state index is -0.170. The Hall–Kier alpha value is -3.45. The van der Waals surface area contributed by atoms with E-state index in [0.29, 0.717) is 17.9 Å². The summed E-state index contributed by atoms with van der Waals surface area (Å²) in [5.74, 6) is 1.48. The average molecular weight is 418 g/mol. The summed E-state index contributed by atoms with van der Waals surface area (Å²) in [7, 11) is 2.13. The molecule has 1 aliphatic rings. The summed E-state index contributed by atoms with van der Waals surface area (Å²) < 4.78 is 5.43. The Balaban J connectivity index is 1.43. The SMILES string of the molecule is CCOc1ccc(C(=O)Nc2cccc(-c3ccc(N4CCN(C)CC4)nn3)c2)cc1. The van der Waals surface area contributed by atoms with Crippen LogP contribution in [-0.2, 0) is 0 Å². The van der Waals surface area contributed by atoms with Crippen LogP contribution in [0.4, 0.5) is 11.5 Å². The van der Waals surface area contributed by atoms with Crippen molar-refractivity contribution in [2.75, 3.05) is 50.1 Å². The number of anilines is 2. The summed E-state index contributed by atoms with van der Waals surface area (Å²) in [6, 6.07) is 18.7. The lowest BCUT2D eigenvalue weighted by atomic mass is 10.1. The zero-order valence-electron chi connectivity index (χ0n) is 17.9. The van der Waals surface area contributed by atoms with Gasteiger partial charge in [-0.1, -0.05) is 12.1 Å². The average Bonchev–Trinajstić information content (AvgIpc) is 2.81. The molecule has 0 atom stereocenters. The molecule has 7 nitrogen and oxygen atoms in total. The molecule has 0 bridgehead atoms. The minimum Gasteiger partial charge on any atom is -0.494 e. The molecule has 0 unspecified atom stereocenters. The third kappa shape index (κ3) is 5.19. The molecule has 1 saturated heterocycles. The lowest BCUT2D eigenvalue weighted by molar-refractivity contribution is 0.102. The first-order chi connectivity index (χ1) is 15.1. The molecule has 0 spiro atoms. The van der Waals surface area contributed by atoms with Crippen molar-refractivity contribution in [2.24, 2.45) is 0 Å². The van der Waals surface area contributed by atoms with Crippen molar-refractivity contribution in [2.45, 2.75) is 6.92 Å². The summed E-state index contributed by atoms with van der Waals surface area (Å²) in [4.78, 5) is 17.2. The first kappa shape index (κ1) is 20.8. The Bertz CT molecular complexity index is 1010. The third-order valence-corrected chi connectivity index (χ3v) is 5.32. The molecule has 2 heterocycles. The maximum absolute atomic E-state index is 12.6. The van der Waals surface area contributed by atoms with E-state index in [-0.39, 0.29) is 5.91 Å². The van der Waals surface area contributed by atoms with Gasteiger partial charge < -0.3 is 19.9 Å². The quantitative estimate of drug-likeness (QED) is 0.662. The summed E-state index contributed by atoms with van der Waals surface area (Å²) in [5, 5.41) is 11.8. The molecule has 1 fully saturated rings. The van der Waals surface area contributed by atoms with E-state index >= 15 is 0 Å². The van der Waals surface area contributed by atoms with E-state index < -0.39 is 0 Å². The molecule has 3 aromatic rings. The Morgan fingerprint density at radius 3 is 2.45 bits per heavy atom. The summed E-state index contributed by atoms with van der Waals surface area (Å²) >= 11 is 0. The van der Waals surface area contributed by atoms with Gasteiger partial charge in [0.15, 0.2) is 5.82 Å². The molecule has 1 amide bonds. The first-order valence-corrected chi connectivity index (χ1v) is 10.5. The van der Waals surface area contributed by atoms with Crippen LogP contribution in [0.15, 0.2) is 60.7 Å². The fourth-order valence-corrected chi connectivity index (χ4v) is 3.51. The fraction of sp³-hybridized carbons (Fsp3) is 0.292. The van der Waals surface area contributed by atoms with Gasteiger partial charge in [0, 0.05) is 43.0 Å². The van der Waals surface area contributed by atoms with E-state index in [4.69, 9.17) is 4.74 Å². The smallest absolute Gasteiger partial charge is 0.255 e. The highest BCUT2D eigenvalue weighted by atomic mass is 16.5. The van der Waals surface area contributed by atoms with E-state index in [1.807, 2.05) is 43.3 Å². The number of likely N-dealkylation sites (N-methyl/N-ethyl adjacent to an activating group) is 1. The Kier molecular flexibility index (Phi) is 6.43. The van der Waals surface area contributed by atoms with Crippen LogP contribution in [0.2, 0.25) is 0 Å². The van der Waals surface area contributed by atoms with Crippen molar-refractivity contribution in [1.29, 1.82) is 0 Å². The number of hydrogen-bond donors (Lipinski definition) is 1. The van der Waals surface area contributed by atoms with Gasteiger partial charge in [-0.15, -0.1) is 10.2 Å². The number of piperazine rings is 1. The van der Waals surface area contributed by atoms with Gasteiger partial charge in [-0.25, -0.2) is 0 Å². The van der Waals surface area contributed by atoms with Crippen LogP contribution in [0.25, 0.3) is 11.3 Å². The second-order valence-corrected chi connectivity index (χ2v) is 7.56. The Labute approximate surface area is 182 Å². The van der Waals surface area contributed by atoms with Crippen LogP contribution in [0, 0.1) is 0 Å². The highest BCUT2D eigenvalue weighted by Gasteiger charge is 2.16. The van der Waals surface area contributed by atoms with Gasteiger partial charge in [0.25, 0.3) is 5.91 Å². The monoisotopic (exact) mass is 417 g/mol. The molecule has 1 aromatic heterocycles. The number of carbonyl (C=O) groups excluding carboxylic acids is 1. The first-order valence-electron chi connectivity index (χ1n) is 10.5. The Morgan fingerprint density at radius 1 is 1.00 bits per heavy atom. The number of nitrogens with zero attached hydrogens (tertiary/aromatic N) is 4. The van der Waals surface area contributed by atoms with Crippen molar-refractivity contribution in [3.8, 4) is 17.0 Å². The Morgan fingerprint density at radius 2 is 1.77 bits per heavy atom. The van der Waals surface area contributed by atoms with Crippen molar-refractivity contribution in [3.05, 3.63) is 66.2 Å². The van der Waals surface area contributed by atoms with Gasteiger partial charge in [0.1, 0.15) is 5.75 Å². The predicted octanol–water partition coefficient (Wildman–Crippen LogP) is 3.55. The standard InChI is InChI=1S/C24H27N5O2/c1-3-31-21-9-7-18(8-10-21)24(30)25-20-6-4-5-19(17-20)22-11-12-23(27-26-22)29-15-13-28(2)14-16-29/h4-12,17H,3,13-16H2,1-2H3,(H,25,30). The normalized spacial score (nSPS) is 14.3. The van der Waals surface area contributed by atoms with E-state index in [2.05, 4.69) is 32.4 Å². The van der Waals surface area contributed by atoms with Crippen molar-refractivity contribution in [3.63, 3.8) is 0 Å². The van der Waals surface area contributed by atoms with Crippen LogP contribution >= 0.6 is 0 Å². The van der Waals surface area contributed by atoms with Gasteiger partial charge in [-0.3, -0.25) is 4.79 Å². The third-order valence-electron chi connectivity index (χ3n) is 5.32. The molecule has 0 radical (unpaired) electrons. The van der Waals surface area contributed by atoms with E-state index in [9.17, 15) is 4.79 Å². The maximum Gasteiger partial charge on any atom is 0.255 e. The lowest BCUT2D eigenvalue weighted by Crippen LogP contribution is -2.44. The zero-order chi connectivity index (χ0) is 21.6. The second-order valence-electron chi connectivity index (χ2n) is 7.56. The number of aromatic nitrogens is 2. The number of amides is 1. The molecule has 160 valence electrons. The number of carbonyl (C=O) groups is 1. The van der Waals surface area contributed by atoms with Gasteiger partial charge in [0.2, 0.25) is 0 Å². The molecule has 1 aliphatic heterocycles. The van der Waals surface area contributed by atoms with E-state index in [1.54, 1.807) is 24.3 Å². The lowest BCUT2D eigenvalue weighted by Gasteiger charge is -2.32. The van der Waals surface area contributed by atoms with Gasteiger partial charge in [-0.05, 0) is 62.5 Å². The minimum absolute atomic E-state index is 0.170. The maximum atomic E-state index is 12.6. The molecule has 1 N–H and O–H groups in total. The second kappa shape index (κ2) is 9.57. The topological polar surface area (TPSA) is 70.6 Å². The van der Waals surface area contributed by atoms with Crippen LogP contribution in [-0.4, -0.2) is 60.8 Å². The zero-order valence-corrected chi connectivity index (χ0v) is 17.9. The summed E-state index contributed by atoms with van der Waals surface area (Å²) in [6.45, 7) is 6.49. The molecule has 4 rings (SSSR count). The number of benzene rings is 2. The number of nitrogens with one attached hydrogen (secondary N) is 1. The van der Waals surface area contributed by atoms with E-state index in [1.165, 1.54) is 0 Å². The number of ether oxygens (including phenoxy) is 1. The van der Waals surface area contributed by atoms with Crippen LogP contribution < -0.4 is 15.0 Å². The molecular formula is C24H27N5O2. The molecule has 0 saturated carbocycles. The number of rotatable bonds is 6. The largest absolute Gasteiger partial charge is 0.494 e. The highest BCUT2D eigenvalue weighted by molar-refractivity contribution is 6.04. The fourth-order valence-electron chi connectivity index (χ4n) is 3.51. The van der Waals surface area contributed by atoms with Gasteiger partial charge in [0.05, 0.1) is 12.3 Å². The predicted molar refractivity (Wildman–Crippen MR) is 123 cm³/mol. The van der Waals surface area contributed by atoms with Crippen LogP contribution in [0.5, 0.6) is 5.75 Å². The van der Waals surface area contributed by atoms with E-state index in [0.717, 1.165) is 49.0 Å². The van der Waals surface area contributed by atoms with Crippen molar-refractivity contribution in [1.82, 2.24) is 15.1 Å². The molecule has 31 heavy (non-hydrogen) atoms. The number of hydrogen-bond acceptors (Lipinski definition) is 6. The molecule has 7 heteroatoms. The van der Waals surface area contributed by atoms with Crippen molar-refractivity contribution < 1.29 is 9.53 Å². The van der Waals surface area contributed by atoms with Crippen molar-refractivity contribution >= 4 is 17.4 Å². The van der Waals surface area contributed by atoms with Crippen LogP contribution in [0.3, 0.4) is 0 Å². The molecule has 0 aliphatic carbocycles. The van der Waals surface area contributed by atoms with Gasteiger partial charge >= 0.3 is 0 Å². The molecule has 2 aromatic carbocycles. The molecular weight excluding hydrogens is 390 g/mol. The summed E-state index contributed by atoms with van der Waals surface area (Å²) in [5.41, 5.74) is 2.96. The van der Waals surface area contributed by atoms with Gasteiger partial charge in [-0.2, -0.15) is 0 Å². The summed E-state index contributed by atoms with van der Waals surface area (Å²) in [6.07, 6.45) is 0. The van der Waals surface area contributed by atoms with Crippen LogP contribution in [0.1, 0.15) is 17.3 Å². The highest BCUT2D eigenvalue weighted by Crippen LogP contribution is 2.23.